The van der Waals surface area contributed by atoms with Gasteiger partial charge in [0.05, 0.1) is 0 Å². The van der Waals surface area contributed by atoms with Crippen LogP contribution in [0.4, 0.5) is 0 Å². The monoisotopic (exact) mass is 417 g/mol. The van der Waals surface area contributed by atoms with Gasteiger partial charge in [-0.3, -0.25) is 14.9 Å². The highest BCUT2D eigenvalue weighted by Crippen LogP contribution is 2.23. The fourth-order valence-electron chi connectivity index (χ4n) is 2.92. The van der Waals surface area contributed by atoms with Crippen molar-refractivity contribution in [1.82, 2.24) is 5.32 Å². The highest BCUT2D eigenvalue weighted by atomic mass is 35.5. The molecule has 2 rings (SSSR count). The average molecular weight is 418 g/mol. The van der Waals surface area contributed by atoms with Crippen LogP contribution in [0, 0.1) is 0 Å². The summed E-state index contributed by atoms with van der Waals surface area (Å²) < 4.78 is 5.39. The lowest BCUT2D eigenvalue weighted by Crippen LogP contribution is -2.49. The van der Waals surface area contributed by atoms with Gasteiger partial charge in [0.2, 0.25) is 0 Å². The quantitative estimate of drug-likeness (QED) is 0.608. The summed E-state index contributed by atoms with van der Waals surface area (Å²) in [6.45, 7) is 7.18. The van der Waals surface area contributed by atoms with Gasteiger partial charge in [-0.1, -0.05) is 54.9 Å². The Morgan fingerprint density at radius 3 is 2.24 bits per heavy atom. The molecule has 29 heavy (non-hydrogen) atoms. The summed E-state index contributed by atoms with van der Waals surface area (Å²) in [7, 11) is 0. The van der Waals surface area contributed by atoms with Gasteiger partial charge in [0.15, 0.2) is 0 Å². The van der Waals surface area contributed by atoms with Crippen LogP contribution < -0.4 is 5.32 Å². The molecular weight excluding hydrogens is 390 g/mol. The van der Waals surface area contributed by atoms with Crippen LogP contribution in [0.5, 0.6) is 0 Å². The predicted octanol–water partition coefficient (Wildman–Crippen LogP) is 4.71. The molecule has 0 fully saturated rings. The van der Waals surface area contributed by atoms with Crippen molar-refractivity contribution < 1.29 is 19.4 Å². The molecule has 2 aromatic rings. The topological polar surface area (TPSA) is 75.6 Å². The van der Waals surface area contributed by atoms with Gasteiger partial charge in [0.1, 0.15) is 17.7 Å². The zero-order chi connectivity index (χ0) is 21.6. The minimum Gasteiger partial charge on any atom is -0.480 e. The first-order chi connectivity index (χ1) is 13.6. The Balaban J connectivity index is 2.10. The van der Waals surface area contributed by atoms with Crippen LogP contribution in [0.25, 0.3) is 11.1 Å². The molecule has 0 amide bonds. The van der Waals surface area contributed by atoms with Crippen molar-refractivity contribution >= 4 is 23.5 Å². The van der Waals surface area contributed by atoms with E-state index in [-0.39, 0.29) is 6.42 Å². The molecule has 0 aliphatic rings. The largest absolute Gasteiger partial charge is 0.480 e. The maximum Gasteiger partial charge on any atom is 0.323 e. The van der Waals surface area contributed by atoms with E-state index >= 15 is 0 Å². The highest BCUT2D eigenvalue weighted by Gasteiger charge is 2.28. The summed E-state index contributed by atoms with van der Waals surface area (Å²) in [6, 6.07) is 13.6. The first-order valence-electron chi connectivity index (χ1n) is 9.65. The summed E-state index contributed by atoms with van der Waals surface area (Å²) in [5, 5.41) is 13.2. The molecule has 0 heterocycles. The number of carboxylic acids is 1. The van der Waals surface area contributed by atoms with Crippen molar-refractivity contribution in [2.45, 2.75) is 58.2 Å². The standard InChI is InChI=1S/C23H28ClNO4/c1-5-19(22(28)29-23(2,3)4)25-20(21(26)27)13-15-9-11-16(12-10-15)17-7-6-8-18(24)14-17/h6-12,14,19-20,25H,5,13H2,1-4H3,(H,26,27)/t19?,20-/m0/s1. The van der Waals surface area contributed by atoms with Crippen molar-refractivity contribution in [2.75, 3.05) is 0 Å². The lowest BCUT2D eigenvalue weighted by molar-refractivity contribution is -0.158. The molecule has 5 nitrogen and oxygen atoms in total. The second kappa shape index (κ2) is 9.90. The van der Waals surface area contributed by atoms with E-state index < -0.39 is 29.6 Å². The van der Waals surface area contributed by atoms with E-state index in [1.165, 1.54) is 0 Å². The number of hydrogen-bond acceptors (Lipinski definition) is 4. The lowest BCUT2D eigenvalue weighted by atomic mass is 10.00. The van der Waals surface area contributed by atoms with Gasteiger partial charge in [-0.15, -0.1) is 0 Å². The third-order valence-corrected chi connectivity index (χ3v) is 4.59. The number of ether oxygens (including phenoxy) is 1. The summed E-state index contributed by atoms with van der Waals surface area (Å²) in [5.41, 5.74) is 2.22. The molecule has 0 aromatic heterocycles. The Kier molecular flexibility index (Phi) is 7.82. The number of aliphatic carboxylic acids is 1. The third kappa shape index (κ3) is 7.18. The van der Waals surface area contributed by atoms with Crippen LogP contribution >= 0.6 is 11.6 Å². The third-order valence-electron chi connectivity index (χ3n) is 4.35. The second-order valence-corrected chi connectivity index (χ2v) is 8.40. The Bertz CT molecular complexity index is 843. The van der Waals surface area contributed by atoms with Crippen LogP contribution in [0.3, 0.4) is 0 Å². The molecule has 2 N–H and O–H groups in total. The fourth-order valence-corrected chi connectivity index (χ4v) is 3.11. The summed E-state index contributed by atoms with van der Waals surface area (Å²) >= 11 is 6.05. The molecule has 1 unspecified atom stereocenters. The Hall–Kier alpha value is -2.37. The van der Waals surface area contributed by atoms with Crippen LogP contribution in [-0.2, 0) is 20.7 Å². The van der Waals surface area contributed by atoms with E-state index in [9.17, 15) is 14.7 Å². The number of rotatable bonds is 8. The van der Waals surface area contributed by atoms with Crippen LogP contribution in [0.1, 0.15) is 39.7 Å². The Labute approximate surface area is 177 Å². The SMILES string of the molecule is CCC(N[C@@H](Cc1ccc(-c2cccc(Cl)c2)cc1)C(=O)O)C(=O)OC(C)(C)C. The smallest absolute Gasteiger partial charge is 0.323 e. The van der Waals surface area contributed by atoms with Gasteiger partial charge in [0, 0.05) is 5.02 Å². The molecule has 0 saturated heterocycles. The zero-order valence-corrected chi connectivity index (χ0v) is 18.0. The van der Waals surface area contributed by atoms with Crippen LogP contribution in [0.2, 0.25) is 5.02 Å². The van der Waals surface area contributed by atoms with E-state index in [2.05, 4.69) is 5.32 Å². The molecule has 0 aliphatic carbocycles. The second-order valence-electron chi connectivity index (χ2n) is 7.96. The van der Waals surface area contributed by atoms with Crippen molar-refractivity contribution in [3.8, 4) is 11.1 Å². The van der Waals surface area contributed by atoms with Crippen molar-refractivity contribution in [3.05, 3.63) is 59.1 Å². The van der Waals surface area contributed by atoms with Crippen molar-refractivity contribution in [2.24, 2.45) is 0 Å². The van der Waals surface area contributed by atoms with E-state index in [1.807, 2.05) is 55.5 Å². The van der Waals surface area contributed by atoms with Gasteiger partial charge >= 0.3 is 11.9 Å². The van der Waals surface area contributed by atoms with E-state index in [0.29, 0.717) is 11.4 Å². The van der Waals surface area contributed by atoms with Gasteiger partial charge < -0.3 is 9.84 Å². The predicted molar refractivity (Wildman–Crippen MR) is 115 cm³/mol. The molecule has 0 spiro atoms. The number of carboxylic acid groups (broad SMARTS) is 1. The van der Waals surface area contributed by atoms with Gasteiger partial charge in [-0.2, -0.15) is 0 Å². The number of benzene rings is 2. The molecule has 156 valence electrons. The van der Waals surface area contributed by atoms with Gasteiger partial charge in [-0.25, -0.2) is 0 Å². The molecule has 0 radical (unpaired) electrons. The molecule has 0 saturated carbocycles. The van der Waals surface area contributed by atoms with Crippen LogP contribution in [-0.4, -0.2) is 34.7 Å². The minimum atomic E-state index is -1.01. The maximum absolute atomic E-state index is 12.3. The molecular formula is C23H28ClNO4. The van der Waals surface area contributed by atoms with Gasteiger partial charge in [-0.05, 0) is 62.4 Å². The highest BCUT2D eigenvalue weighted by molar-refractivity contribution is 6.30. The number of carbonyl (C=O) groups excluding carboxylic acids is 1. The van der Waals surface area contributed by atoms with E-state index in [0.717, 1.165) is 16.7 Å². The van der Waals surface area contributed by atoms with E-state index in [4.69, 9.17) is 16.3 Å². The molecule has 6 heteroatoms. The summed E-state index contributed by atoms with van der Waals surface area (Å²) in [6.07, 6.45) is 0.691. The summed E-state index contributed by atoms with van der Waals surface area (Å²) in [4.78, 5) is 24.1. The molecule has 2 atom stereocenters. The zero-order valence-electron chi connectivity index (χ0n) is 17.2. The molecule has 0 aliphatic heterocycles. The van der Waals surface area contributed by atoms with Crippen LogP contribution in [0.15, 0.2) is 48.5 Å². The Morgan fingerprint density at radius 2 is 1.72 bits per heavy atom. The number of carbonyl (C=O) groups is 2. The summed E-state index contributed by atoms with van der Waals surface area (Å²) in [5.74, 6) is -1.45. The maximum atomic E-state index is 12.3. The minimum absolute atomic E-state index is 0.254. The molecule has 2 aromatic carbocycles. The number of hydrogen-bond donors (Lipinski definition) is 2. The number of nitrogens with one attached hydrogen (secondary N) is 1. The fraction of sp³-hybridized carbons (Fsp3) is 0.391. The number of halogens is 1. The van der Waals surface area contributed by atoms with Crippen molar-refractivity contribution in [3.63, 3.8) is 0 Å². The van der Waals surface area contributed by atoms with E-state index in [1.54, 1.807) is 20.8 Å². The Morgan fingerprint density at radius 1 is 1.07 bits per heavy atom. The molecule has 0 bridgehead atoms. The normalized spacial score (nSPS) is 13.6. The first kappa shape index (κ1) is 22.9. The lowest BCUT2D eigenvalue weighted by Gasteiger charge is -2.26. The average Bonchev–Trinajstić information content (AvgIpc) is 2.64. The number of esters is 1. The van der Waals surface area contributed by atoms with Crippen molar-refractivity contribution in [1.29, 1.82) is 0 Å². The first-order valence-corrected chi connectivity index (χ1v) is 10.0. The van der Waals surface area contributed by atoms with Gasteiger partial charge in [0.25, 0.3) is 0 Å².